The standard InChI is InChI=1S/C16H14ClN5O/c1-20-6-7-21(13-3-2-12(17)9-14(13)20)16(23)11-4-5-22-15(8-11)18-10-19-22/h2-5,8-10H,6-7H2,1H3. The van der Waals surface area contributed by atoms with Crippen LogP contribution in [0.1, 0.15) is 10.4 Å². The average Bonchev–Trinajstić information content (AvgIpc) is 3.02. The lowest BCUT2D eigenvalue weighted by molar-refractivity contribution is 0.0986. The van der Waals surface area contributed by atoms with Crippen molar-refractivity contribution < 1.29 is 4.79 Å². The number of fused-ring (bicyclic) bond motifs is 2. The summed E-state index contributed by atoms with van der Waals surface area (Å²) < 4.78 is 1.63. The van der Waals surface area contributed by atoms with Crippen molar-refractivity contribution in [1.29, 1.82) is 0 Å². The lowest BCUT2D eigenvalue weighted by Gasteiger charge is -2.35. The number of pyridine rings is 1. The third-order valence-corrected chi connectivity index (χ3v) is 4.31. The van der Waals surface area contributed by atoms with Crippen LogP contribution in [0.15, 0.2) is 42.9 Å². The van der Waals surface area contributed by atoms with Crippen molar-refractivity contribution in [1.82, 2.24) is 14.6 Å². The van der Waals surface area contributed by atoms with Crippen LogP contribution < -0.4 is 9.80 Å². The fourth-order valence-electron chi connectivity index (χ4n) is 2.84. The Balaban J connectivity index is 1.75. The molecule has 1 aliphatic rings. The summed E-state index contributed by atoms with van der Waals surface area (Å²) in [4.78, 5) is 21.0. The summed E-state index contributed by atoms with van der Waals surface area (Å²) >= 11 is 6.09. The third-order valence-electron chi connectivity index (χ3n) is 4.07. The van der Waals surface area contributed by atoms with Crippen LogP contribution in [0.25, 0.3) is 5.65 Å². The molecule has 0 atom stereocenters. The number of carbonyl (C=O) groups excluding carboxylic acids is 1. The first-order chi connectivity index (χ1) is 11.1. The van der Waals surface area contributed by atoms with Crippen LogP contribution in [0, 0.1) is 0 Å². The van der Waals surface area contributed by atoms with E-state index < -0.39 is 0 Å². The highest BCUT2D eigenvalue weighted by Gasteiger charge is 2.26. The first kappa shape index (κ1) is 14.0. The molecule has 3 aromatic rings. The van der Waals surface area contributed by atoms with Gasteiger partial charge in [-0.25, -0.2) is 9.50 Å². The molecule has 3 heterocycles. The molecule has 6 nitrogen and oxygen atoms in total. The fourth-order valence-corrected chi connectivity index (χ4v) is 3.00. The van der Waals surface area contributed by atoms with Gasteiger partial charge in [0.05, 0.1) is 11.4 Å². The Morgan fingerprint density at radius 1 is 1.17 bits per heavy atom. The van der Waals surface area contributed by atoms with E-state index in [4.69, 9.17) is 11.6 Å². The Labute approximate surface area is 137 Å². The Hall–Kier alpha value is -2.60. The smallest absolute Gasteiger partial charge is 0.258 e. The van der Waals surface area contributed by atoms with Gasteiger partial charge in [-0.1, -0.05) is 11.6 Å². The highest BCUT2D eigenvalue weighted by Crippen LogP contribution is 2.35. The van der Waals surface area contributed by atoms with Crippen molar-refractivity contribution in [2.75, 3.05) is 29.9 Å². The summed E-state index contributed by atoms with van der Waals surface area (Å²) in [6.07, 6.45) is 3.21. The second-order valence-corrected chi connectivity index (χ2v) is 5.93. The molecule has 0 N–H and O–H groups in total. The second-order valence-electron chi connectivity index (χ2n) is 5.49. The van der Waals surface area contributed by atoms with Crippen LogP contribution in [0.3, 0.4) is 0 Å². The zero-order valence-electron chi connectivity index (χ0n) is 12.5. The van der Waals surface area contributed by atoms with E-state index in [0.717, 1.165) is 17.9 Å². The van der Waals surface area contributed by atoms with Crippen molar-refractivity contribution in [3.8, 4) is 0 Å². The van der Waals surface area contributed by atoms with Crippen LogP contribution in [-0.2, 0) is 0 Å². The lowest BCUT2D eigenvalue weighted by Crippen LogP contribution is -2.42. The number of amides is 1. The molecular weight excluding hydrogens is 314 g/mol. The molecule has 0 fully saturated rings. The van der Waals surface area contributed by atoms with Crippen molar-refractivity contribution in [2.45, 2.75) is 0 Å². The number of aromatic nitrogens is 3. The summed E-state index contributed by atoms with van der Waals surface area (Å²) in [5, 5.41) is 4.71. The van der Waals surface area contributed by atoms with Crippen LogP contribution in [0.2, 0.25) is 5.02 Å². The molecule has 0 radical (unpaired) electrons. The molecule has 2 aromatic heterocycles. The number of hydrogen-bond acceptors (Lipinski definition) is 4. The van der Waals surface area contributed by atoms with Gasteiger partial charge in [0, 0.05) is 36.9 Å². The zero-order valence-corrected chi connectivity index (χ0v) is 13.2. The van der Waals surface area contributed by atoms with Crippen molar-refractivity contribution >= 4 is 34.5 Å². The molecule has 1 aliphatic heterocycles. The van der Waals surface area contributed by atoms with Crippen LogP contribution in [0.4, 0.5) is 11.4 Å². The van der Waals surface area contributed by atoms with Gasteiger partial charge in [-0.3, -0.25) is 4.79 Å². The van der Waals surface area contributed by atoms with Gasteiger partial charge >= 0.3 is 0 Å². The maximum absolute atomic E-state index is 12.9. The first-order valence-corrected chi connectivity index (χ1v) is 7.63. The molecule has 0 aliphatic carbocycles. The predicted molar refractivity (Wildman–Crippen MR) is 89.4 cm³/mol. The Morgan fingerprint density at radius 2 is 2.04 bits per heavy atom. The van der Waals surface area contributed by atoms with Crippen molar-refractivity contribution in [3.05, 3.63) is 53.4 Å². The number of carbonyl (C=O) groups is 1. The Bertz CT molecular complexity index is 906. The third kappa shape index (κ3) is 2.31. The van der Waals surface area contributed by atoms with Crippen LogP contribution >= 0.6 is 11.6 Å². The Kier molecular flexibility index (Phi) is 3.20. The molecule has 1 amide bonds. The monoisotopic (exact) mass is 327 g/mol. The maximum atomic E-state index is 12.9. The highest BCUT2D eigenvalue weighted by molar-refractivity contribution is 6.31. The van der Waals surface area contributed by atoms with E-state index in [1.807, 2.05) is 25.2 Å². The highest BCUT2D eigenvalue weighted by atomic mass is 35.5. The summed E-state index contributed by atoms with van der Waals surface area (Å²) in [6.45, 7) is 1.38. The van der Waals surface area contributed by atoms with Crippen molar-refractivity contribution in [3.63, 3.8) is 0 Å². The molecule has 4 rings (SSSR count). The normalized spacial score (nSPS) is 14.2. The molecule has 0 bridgehead atoms. The minimum absolute atomic E-state index is 0.0489. The predicted octanol–water partition coefficient (Wildman–Crippen LogP) is 2.48. The van der Waals surface area contributed by atoms with Crippen LogP contribution in [0.5, 0.6) is 0 Å². The second kappa shape index (κ2) is 5.24. The van der Waals surface area contributed by atoms with E-state index in [1.165, 1.54) is 6.33 Å². The number of halogens is 1. The average molecular weight is 328 g/mol. The SMILES string of the molecule is CN1CCN(C(=O)c2ccn3ncnc3c2)c2ccc(Cl)cc21. The molecule has 0 saturated heterocycles. The first-order valence-electron chi connectivity index (χ1n) is 7.25. The molecular formula is C16H14ClN5O. The number of benzene rings is 1. The molecule has 1 aromatic carbocycles. The summed E-state index contributed by atoms with van der Waals surface area (Å²) in [5.41, 5.74) is 3.08. The van der Waals surface area contributed by atoms with Crippen molar-refractivity contribution in [2.24, 2.45) is 0 Å². The zero-order chi connectivity index (χ0) is 16.0. The van der Waals surface area contributed by atoms with Gasteiger partial charge in [0.1, 0.15) is 6.33 Å². The van der Waals surface area contributed by atoms with Gasteiger partial charge < -0.3 is 9.80 Å². The number of hydrogen-bond donors (Lipinski definition) is 0. The van der Waals surface area contributed by atoms with E-state index in [0.29, 0.717) is 22.8 Å². The minimum Gasteiger partial charge on any atom is -0.371 e. The quantitative estimate of drug-likeness (QED) is 0.689. The van der Waals surface area contributed by atoms with Gasteiger partial charge in [-0.2, -0.15) is 5.10 Å². The fraction of sp³-hybridized carbons (Fsp3) is 0.188. The Morgan fingerprint density at radius 3 is 2.91 bits per heavy atom. The molecule has 0 unspecified atom stereocenters. The van der Waals surface area contributed by atoms with E-state index >= 15 is 0 Å². The van der Waals surface area contributed by atoms with E-state index in [9.17, 15) is 4.79 Å². The van der Waals surface area contributed by atoms with Gasteiger partial charge in [0.15, 0.2) is 5.65 Å². The van der Waals surface area contributed by atoms with Gasteiger partial charge in [-0.15, -0.1) is 0 Å². The largest absolute Gasteiger partial charge is 0.371 e. The molecule has 0 spiro atoms. The van der Waals surface area contributed by atoms with Gasteiger partial charge in [0.2, 0.25) is 0 Å². The minimum atomic E-state index is -0.0489. The van der Waals surface area contributed by atoms with E-state index in [2.05, 4.69) is 15.0 Å². The number of likely N-dealkylation sites (N-methyl/N-ethyl adjacent to an activating group) is 1. The molecule has 23 heavy (non-hydrogen) atoms. The molecule has 7 heteroatoms. The van der Waals surface area contributed by atoms with E-state index in [1.54, 1.807) is 27.7 Å². The topological polar surface area (TPSA) is 53.7 Å². The number of rotatable bonds is 1. The molecule has 116 valence electrons. The molecule has 0 saturated carbocycles. The van der Waals surface area contributed by atoms with Gasteiger partial charge in [-0.05, 0) is 30.3 Å². The van der Waals surface area contributed by atoms with Crippen LogP contribution in [-0.4, -0.2) is 40.6 Å². The number of nitrogens with zero attached hydrogens (tertiary/aromatic N) is 5. The lowest BCUT2D eigenvalue weighted by atomic mass is 10.1. The summed E-state index contributed by atoms with van der Waals surface area (Å²) in [6, 6.07) is 9.10. The van der Waals surface area contributed by atoms with Gasteiger partial charge in [0.25, 0.3) is 5.91 Å². The van der Waals surface area contributed by atoms with E-state index in [-0.39, 0.29) is 5.91 Å². The number of anilines is 2. The summed E-state index contributed by atoms with van der Waals surface area (Å²) in [7, 11) is 2.00. The maximum Gasteiger partial charge on any atom is 0.258 e. The summed E-state index contributed by atoms with van der Waals surface area (Å²) in [5.74, 6) is -0.0489.